The molecule has 0 radical (unpaired) electrons. The SMILES string of the molecule is O=C(N/N=C/c1ccccc1[N+](=O)[O-])c1cn(C2CC2)c2cc(N3CCNCC3)c(F)cc2c1=O. The fourth-order valence-electron chi connectivity index (χ4n) is 4.31. The van der Waals surface area contributed by atoms with Crippen LogP contribution in [0.15, 0.2) is 52.5 Å². The van der Waals surface area contributed by atoms with Crippen LogP contribution < -0.4 is 21.1 Å². The van der Waals surface area contributed by atoms with Gasteiger partial charge in [-0.3, -0.25) is 19.7 Å². The summed E-state index contributed by atoms with van der Waals surface area (Å²) in [6, 6.07) is 8.98. The summed E-state index contributed by atoms with van der Waals surface area (Å²) in [4.78, 5) is 38.6. The first-order valence-electron chi connectivity index (χ1n) is 11.3. The highest BCUT2D eigenvalue weighted by Crippen LogP contribution is 2.38. The number of nitrogens with one attached hydrogen (secondary N) is 2. The molecule has 1 aliphatic carbocycles. The quantitative estimate of drug-likeness (QED) is 0.319. The van der Waals surface area contributed by atoms with E-state index in [2.05, 4.69) is 15.8 Å². The fourth-order valence-corrected chi connectivity index (χ4v) is 4.31. The van der Waals surface area contributed by atoms with Crippen LogP contribution in [-0.4, -0.2) is 47.8 Å². The summed E-state index contributed by atoms with van der Waals surface area (Å²) in [5.41, 5.74) is 2.58. The Labute approximate surface area is 199 Å². The Balaban J connectivity index is 1.49. The Morgan fingerprint density at radius 3 is 2.69 bits per heavy atom. The van der Waals surface area contributed by atoms with Crippen molar-refractivity contribution in [3.63, 3.8) is 0 Å². The zero-order valence-corrected chi connectivity index (χ0v) is 18.7. The van der Waals surface area contributed by atoms with Crippen LogP contribution in [0, 0.1) is 15.9 Å². The predicted octanol–water partition coefficient (Wildman–Crippen LogP) is 2.56. The van der Waals surface area contributed by atoms with E-state index in [4.69, 9.17) is 0 Å². The normalized spacial score (nSPS) is 16.1. The predicted molar refractivity (Wildman–Crippen MR) is 130 cm³/mol. The molecule has 1 aromatic heterocycles. The maximum absolute atomic E-state index is 15.1. The first-order chi connectivity index (χ1) is 16.9. The standard InChI is InChI=1S/C24H23FN6O4/c25-19-11-17-21(12-22(19)29-9-7-26-8-10-29)30(16-5-6-16)14-18(23(17)32)24(33)28-27-13-15-3-1-2-4-20(15)31(34)35/h1-4,11-14,16,26H,5-10H2,(H,28,33)/b27-13+. The molecule has 3 aromatic rings. The van der Waals surface area contributed by atoms with Crippen molar-refractivity contribution < 1.29 is 14.1 Å². The van der Waals surface area contributed by atoms with Gasteiger partial charge >= 0.3 is 0 Å². The first kappa shape index (κ1) is 22.7. The molecule has 2 heterocycles. The minimum absolute atomic E-state index is 0.126. The third kappa shape index (κ3) is 4.50. The van der Waals surface area contributed by atoms with E-state index in [1.54, 1.807) is 12.1 Å². The Kier molecular flexibility index (Phi) is 6.00. The van der Waals surface area contributed by atoms with Crippen LogP contribution in [0.4, 0.5) is 15.8 Å². The number of anilines is 1. The second-order valence-corrected chi connectivity index (χ2v) is 8.58. The molecule has 5 rings (SSSR count). The van der Waals surface area contributed by atoms with Crippen molar-refractivity contribution in [1.82, 2.24) is 15.3 Å². The van der Waals surface area contributed by atoms with E-state index in [0.29, 0.717) is 24.3 Å². The van der Waals surface area contributed by atoms with Crippen LogP contribution in [0.25, 0.3) is 10.9 Å². The molecule has 0 unspecified atom stereocenters. The Bertz CT molecular complexity index is 1410. The number of para-hydroxylation sites is 1. The van der Waals surface area contributed by atoms with Crippen LogP contribution in [0.2, 0.25) is 0 Å². The van der Waals surface area contributed by atoms with Gasteiger partial charge in [-0.15, -0.1) is 0 Å². The summed E-state index contributed by atoms with van der Waals surface area (Å²) < 4.78 is 16.9. The Hall–Kier alpha value is -4.12. The molecule has 11 heteroatoms. The Morgan fingerprint density at radius 2 is 1.97 bits per heavy atom. The largest absolute Gasteiger partial charge is 0.367 e. The lowest BCUT2D eigenvalue weighted by Crippen LogP contribution is -2.43. The van der Waals surface area contributed by atoms with E-state index in [0.717, 1.165) is 32.1 Å². The minimum Gasteiger partial charge on any atom is -0.367 e. The molecule has 1 saturated carbocycles. The third-order valence-electron chi connectivity index (χ3n) is 6.25. The number of nitrogens with zero attached hydrogens (tertiary/aromatic N) is 4. The number of piperazine rings is 1. The zero-order valence-electron chi connectivity index (χ0n) is 18.7. The minimum atomic E-state index is -0.771. The van der Waals surface area contributed by atoms with Gasteiger partial charge in [0, 0.05) is 49.9 Å². The lowest BCUT2D eigenvalue weighted by Gasteiger charge is -2.30. The number of hydrogen-bond acceptors (Lipinski definition) is 7. The fraction of sp³-hybridized carbons (Fsp3) is 0.292. The van der Waals surface area contributed by atoms with Gasteiger partial charge in [-0.05, 0) is 31.0 Å². The van der Waals surface area contributed by atoms with E-state index in [1.165, 1.54) is 30.5 Å². The van der Waals surface area contributed by atoms with E-state index in [9.17, 15) is 19.7 Å². The van der Waals surface area contributed by atoms with Crippen LogP contribution in [-0.2, 0) is 0 Å². The number of hydrogen-bond donors (Lipinski definition) is 2. The van der Waals surface area contributed by atoms with Crippen LogP contribution >= 0.6 is 0 Å². The summed E-state index contributed by atoms with van der Waals surface area (Å²) in [6.45, 7) is 2.82. The third-order valence-corrected chi connectivity index (χ3v) is 6.25. The maximum Gasteiger partial charge on any atom is 0.278 e. The number of benzene rings is 2. The van der Waals surface area contributed by atoms with Gasteiger partial charge in [0.2, 0.25) is 5.43 Å². The molecule has 1 amide bonds. The highest BCUT2D eigenvalue weighted by atomic mass is 19.1. The van der Waals surface area contributed by atoms with Crippen molar-refractivity contribution in [2.45, 2.75) is 18.9 Å². The first-order valence-corrected chi connectivity index (χ1v) is 11.3. The van der Waals surface area contributed by atoms with Crippen molar-refractivity contribution in [1.29, 1.82) is 0 Å². The van der Waals surface area contributed by atoms with Crippen LogP contribution in [0.3, 0.4) is 0 Å². The van der Waals surface area contributed by atoms with Crippen molar-refractivity contribution in [2.75, 3.05) is 31.1 Å². The number of carbonyl (C=O) groups is 1. The lowest BCUT2D eigenvalue weighted by atomic mass is 10.1. The average Bonchev–Trinajstić information content (AvgIpc) is 3.70. The number of rotatable bonds is 6. The van der Waals surface area contributed by atoms with Crippen molar-refractivity contribution in [3.05, 3.63) is 79.9 Å². The van der Waals surface area contributed by atoms with Crippen LogP contribution in [0.5, 0.6) is 0 Å². The topological polar surface area (TPSA) is 122 Å². The van der Waals surface area contributed by atoms with Gasteiger partial charge in [0.1, 0.15) is 11.4 Å². The highest BCUT2D eigenvalue weighted by Gasteiger charge is 2.28. The number of nitro groups is 1. The number of hydrazone groups is 1. The summed E-state index contributed by atoms with van der Waals surface area (Å²) in [6.07, 6.45) is 4.44. The van der Waals surface area contributed by atoms with Gasteiger partial charge in [-0.1, -0.05) is 12.1 Å². The van der Waals surface area contributed by atoms with E-state index >= 15 is 4.39 Å². The molecule has 2 N–H and O–H groups in total. The molecule has 180 valence electrons. The van der Waals surface area contributed by atoms with Gasteiger partial charge in [-0.2, -0.15) is 5.10 Å². The zero-order chi connectivity index (χ0) is 24.5. The van der Waals surface area contributed by atoms with E-state index in [-0.39, 0.29) is 28.2 Å². The molecule has 1 aliphatic heterocycles. The summed E-state index contributed by atoms with van der Waals surface area (Å²) in [5, 5.41) is 18.3. The molecular weight excluding hydrogens is 455 g/mol. The molecular formula is C24H23FN6O4. The van der Waals surface area contributed by atoms with Gasteiger partial charge in [0.05, 0.1) is 27.9 Å². The molecule has 2 aliphatic rings. The summed E-state index contributed by atoms with van der Waals surface area (Å²) in [7, 11) is 0. The second-order valence-electron chi connectivity index (χ2n) is 8.58. The van der Waals surface area contributed by atoms with E-state index < -0.39 is 22.1 Å². The number of fused-ring (bicyclic) bond motifs is 1. The monoisotopic (exact) mass is 478 g/mol. The van der Waals surface area contributed by atoms with Crippen molar-refractivity contribution in [2.24, 2.45) is 5.10 Å². The number of amides is 1. The smallest absolute Gasteiger partial charge is 0.278 e. The van der Waals surface area contributed by atoms with Crippen LogP contribution in [0.1, 0.15) is 34.8 Å². The molecule has 0 atom stereocenters. The number of aromatic nitrogens is 1. The average molecular weight is 478 g/mol. The molecule has 2 fully saturated rings. The molecule has 0 bridgehead atoms. The van der Waals surface area contributed by atoms with Gasteiger partial charge in [0.15, 0.2) is 0 Å². The second kappa shape index (κ2) is 9.26. The Morgan fingerprint density at radius 1 is 1.23 bits per heavy atom. The highest BCUT2D eigenvalue weighted by molar-refractivity contribution is 5.98. The molecule has 10 nitrogen and oxygen atoms in total. The van der Waals surface area contributed by atoms with Crippen molar-refractivity contribution >= 4 is 34.4 Å². The van der Waals surface area contributed by atoms with E-state index in [1.807, 2.05) is 9.47 Å². The molecule has 1 saturated heterocycles. The maximum atomic E-state index is 15.1. The van der Waals surface area contributed by atoms with Crippen molar-refractivity contribution in [3.8, 4) is 0 Å². The molecule has 2 aromatic carbocycles. The number of pyridine rings is 1. The lowest BCUT2D eigenvalue weighted by molar-refractivity contribution is -0.385. The van der Waals surface area contributed by atoms with Gasteiger partial charge in [0.25, 0.3) is 11.6 Å². The summed E-state index contributed by atoms with van der Waals surface area (Å²) in [5.74, 6) is -1.28. The van der Waals surface area contributed by atoms with Gasteiger partial charge in [-0.25, -0.2) is 9.82 Å². The van der Waals surface area contributed by atoms with Gasteiger partial charge < -0.3 is 14.8 Å². The molecule has 35 heavy (non-hydrogen) atoms. The molecule has 0 spiro atoms. The number of halogens is 1. The summed E-state index contributed by atoms with van der Waals surface area (Å²) >= 11 is 0. The number of nitro benzene ring substituents is 1. The number of carbonyl (C=O) groups excluding carboxylic acids is 1.